The number of carbonyl (C=O) groups is 1. The first-order valence-corrected chi connectivity index (χ1v) is 5.96. The summed E-state index contributed by atoms with van der Waals surface area (Å²) in [5.74, 6) is 0.741. The second kappa shape index (κ2) is 5.68. The molecular formula is C13H18N2O2. The number of amides is 1. The van der Waals surface area contributed by atoms with Gasteiger partial charge in [0.25, 0.3) is 0 Å². The Balaban J connectivity index is 1.90. The van der Waals surface area contributed by atoms with E-state index in [1.54, 1.807) is 24.5 Å². The highest BCUT2D eigenvalue weighted by molar-refractivity contribution is 5.91. The van der Waals surface area contributed by atoms with Gasteiger partial charge in [0.15, 0.2) is 0 Å². The van der Waals surface area contributed by atoms with E-state index >= 15 is 0 Å². The van der Waals surface area contributed by atoms with Crippen LogP contribution in [0.3, 0.4) is 0 Å². The SMILES string of the molecule is CN(C(=O)/C=C/c1ccco1)C1CCNCC1. The molecule has 0 aliphatic carbocycles. The quantitative estimate of drug-likeness (QED) is 0.806. The van der Waals surface area contributed by atoms with Crippen LogP contribution in [0.5, 0.6) is 0 Å². The fourth-order valence-electron chi connectivity index (χ4n) is 2.03. The number of rotatable bonds is 3. The van der Waals surface area contributed by atoms with Crippen LogP contribution >= 0.6 is 0 Å². The van der Waals surface area contributed by atoms with Crippen molar-refractivity contribution in [3.63, 3.8) is 0 Å². The molecule has 0 unspecified atom stereocenters. The van der Waals surface area contributed by atoms with E-state index in [9.17, 15) is 4.79 Å². The molecule has 2 heterocycles. The second-order valence-corrected chi connectivity index (χ2v) is 4.28. The van der Waals surface area contributed by atoms with Crippen molar-refractivity contribution < 1.29 is 9.21 Å². The van der Waals surface area contributed by atoms with Gasteiger partial charge in [0.2, 0.25) is 5.91 Å². The third kappa shape index (κ3) is 3.20. The molecular weight excluding hydrogens is 216 g/mol. The van der Waals surface area contributed by atoms with Gasteiger partial charge in [-0.1, -0.05) is 0 Å². The molecule has 0 saturated carbocycles. The Bertz CT molecular complexity index is 378. The maximum atomic E-state index is 11.9. The highest BCUT2D eigenvalue weighted by Crippen LogP contribution is 2.11. The molecule has 1 aromatic heterocycles. The van der Waals surface area contributed by atoms with E-state index < -0.39 is 0 Å². The molecule has 0 atom stereocenters. The van der Waals surface area contributed by atoms with Crippen molar-refractivity contribution in [3.05, 3.63) is 30.2 Å². The summed E-state index contributed by atoms with van der Waals surface area (Å²) >= 11 is 0. The van der Waals surface area contributed by atoms with Crippen LogP contribution in [0, 0.1) is 0 Å². The molecule has 0 bridgehead atoms. The molecule has 2 rings (SSSR count). The van der Waals surface area contributed by atoms with Crippen molar-refractivity contribution in [1.29, 1.82) is 0 Å². The van der Waals surface area contributed by atoms with Crippen LogP contribution in [0.1, 0.15) is 18.6 Å². The molecule has 92 valence electrons. The molecule has 0 radical (unpaired) electrons. The smallest absolute Gasteiger partial charge is 0.246 e. The van der Waals surface area contributed by atoms with Crippen molar-refractivity contribution in [2.75, 3.05) is 20.1 Å². The van der Waals surface area contributed by atoms with E-state index in [0.29, 0.717) is 11.8 Å². The van der Waals surface area contributed by atoms with E-state index in [2.05, 4.69) is 5.32 Å². The lowest BCUT2D eigenvalue weighted by molar-refractivity contribution is -0.127. The maximum absolute atomic E-state index is 11.9. The average Bonchev–Trinajstić information content (AvgIpc) is 2.89. The van der Waals surface area contributed by atoms with Gasteiger partial charge >= 0.3 is 0 Å². The van der Waals surface area contributed by atoms with E-state index in [4.69, 9.17) is 4.42 Å². The third-order valence-electron chi connectivity index (χ3n) is 3.14. The summed E-state index contributed by atoms with van der Waals surface area (Å²) in [6, 6.07) is 3.99. The Kier molecular flexibility index (Phi) is 3.98. The van der Waals surface area contributed by atoms with Gasteiger partial charge in [-0.05, 0) is 44.1 Å². The predicted molar refractivity (Wildman–Crippen MR) is 66.4 cm³/mol. The predicted octanol–water partition coefficient (Wildman–Crippen LogP) is 1.50. The zero-order valence-corrected chi connectivity index (χ0v) is 10.1. The molecule has 1 aromatic rings. The number of hydrogen-bond donors (Lipinski definition) is 1. The summed E-state index contributed by atoms with van der Waals surface area (Å²) in [6.45, 7) is 1.98. The molecule has 1 aliphatic rings. The van der Waals surface area contributed by atoms with Crippen LogP contribution in [-0.4, -0.2) is 37.0 Å². The first-order chi connectivity index (χ1) is 8.27. The van der Waals surface area contributed by atoms with Crippen molar-refractivity contribution in [1.82, 2.24) is 10.2 Å². The number of nitrogens with one attached hydrogen (secondary N) is 1. The molecule has 0 aromatic carbocycles. The Morgan fingerprint density at radius 2 is 2.29 bits per heavy atom. The highest BCUT2D eigenvalue weighted by Gasteiger charge is 2.20. The minimum atomic E-state index is 0.0355. The first kappa shape index (κ1) is 11.9. The number of likely N-dealkylation sites (N-methyl/N-ethyl adjacent to an activating group) is 1. The largest absolute Gasteiger partial charge is 0.465 e. The van der Waals surface area contributed by atoms with Gasteiger partial charge in [0, 0.05) is 19.2 Å². The van der Waals surface area contributed by atoms with Gasteiger partial charge < -0.3 is 14.6 Å². The zero-order valence-electron chi connectivity index (χ0n) is 10.1. The normalized spacial score (nSPS) is 17.5. The fourth-order valence-corrected chi connectivity index (χ4v) is 2.03. The first-order valence-electron chi connectivity index (χ1n) is 5.96. The van der Waals surface area contributed by atoms with E-state index in [1.807, 2.05) is 18.0 Å². The number of nitrogens with zero attached hydrogens (tertiary/aromatic N) is 1. The monoisotopic (exact) mass is 234 g/mol. The molecule has 4 nitrogen and oxygen atoms in total. The number of hydrogen-bond acceptors (Lipinski definition) is 3. The van der Waals surface area contributed by atoms with Crippen molar-refractivity contribution in [2.45, 2.75) is 18.9 Å². The van der Waals surface area contributed by atoms with Crippen LogP contribution in [0.25, 0.3) is 6.08 Å². The molecule has 1 amide bonds. The highest BCUT2D eigenvalue weighted by atomic mass is 16.3. The summed E-state index contributed by atoms with van der Waals surface area (Å²) in [6.07, 6.45) is 6.93. The van der Waals surface area contributed by atoms with Crippen LogP contribution in [0.4, 0.5) is 0 Å². The summed E-state index contributed by atoms with van der Waals surface area (Å²) in [7, 11) is 1.87. The standard InChI is InChI=1S/C13H18N2O2/c1-15(11-6-8-14-9-7-11)13(16)5-4-12-3-2-10-17-12/h2-5,10-11,14H,6-9H2,1H3/b5-4+. The lowest BCUT2D eigenvalue weighted by Gasteiger charge is -2.30. The van der Waals surface area contributed by atoms with Crippen LogP contribution in [0.2, 0.25) is 0 Å². The van der Waals surface area contributed by atoms with E-state index in [1.165, 1.54) is 0 Å². The lowest BCUT2D eigenvalue weighted by atomic mass is 10.1. The molecule has 1 N–H and O–H groups in total. The minimum absolute atomic E-state index is 0.0355. The lowest BCUT2D eigenvalue weighted by Crippen LogP contribution is -2.43. The van der Waals surface area contributed by atoms with Gasteiger partial charge in [0.1, 0.15) is 5.76 Å². The molecule has 0 spiro atoms. The topological polar surface area (TPSA) is 45.5 Å². The third-order valence-corrected chi connectivity index (χ3v) is 3.14. The Morgan fingerprint density at radius 3 is 2.94 bits per heavy atom. The van der Waals surface area contributed by atoms with Gasteiger partial charge in [-0.25, -0.2) is 0 Å². The van der Waals surface area contributed by atoms with Crippen molar-refractivity contribution in [2.24, 2.45) is 0 Å². The molecule has 4 heteroatoms. The maximum Gasteiger partial charge on any atom is 0.246 e. The molecule has 1 fully saturated rings. The Hall–Kier alpha value is -1.55. The van der Waals surface area contributed by atoms with Crippen LogP contribution in [0.15, 0.2) is 28.9 Å². The minimum Gasteiger partial charge on any atom is -0.465 e. The summed E-state index contributed by atoms with van der Waals surface area (Å²) in [5.41, 5.74) is 0. The van der Waals surface area contributed by atoms with Gasteiger partial charge in [-0.15, -0.1) is 0 Å². The summed E-state index contributed by atoms with van der Waals surface area (Å²) in [5, 5.41) is 3.29. The number of carbonyl (C=O) groups excluding carboxylic acids is 1. The zero-order chi connectivity index (χ0) is 12.1. The van der Waals surface area contributed by atoms with E-state index in [-0.39, 0.29) is 5.91 Å². The summed E-state index contributed by atoms with van der Waals surface area (Å²) in [4.78, 5) is 13.7. The Labute approximate surface area is 101 Å². The Morgan fingerprint density at radius 1 is 1.53 bits per heavy atom. The van der Waals surface area contributed by atoms with Gasteiger partial charge in [-0.2, -0.15) is 0 Å². The second-order valence-electron chi connectivity index (χ2n) is 4.28. The van der Waals surface area contributed by atoms with Crippen molar-refractivity contribution >= 4 is 12.0 Å². The van der Waals surface area contributed by atoms with Gasteiger partial charge in [0.05, 0.1) is 6.26 Å². The molecule has 1 saturated heterocycles. The number of furan rings is 1. The molecule has 1 aliphatic heterocycles. The van der Waals surface area contributed by atoms with E-state index in [0.717, 1.165) is 25.9 Å². The fraction of sp³-hybridized carbons (Fsp3) is 0.462. The average molecular weight is 234 g/mol. The van der Waals surface area contributed by atoms with Crippen LogP contribution < -0.4 is 5.32 Å². The van der Waals surface area contributed by atoms with Crippen LogP contribution in [-0.2, 0) is 4.79 Å². The molecule has 17 heavy (non-hydrogen) atoms. The van der Waals surface area contributed by atoms with Gasteiger partial charge in [-0.3, -0.25) is 4.79 Å². The van der Waals surface area contributed by atoms with Crippen molar-refractivity contribution in [3.8, 4) is 0 Å². The number of piperidine rings is 1. The summed E-state index contributed by atoms with van der Waals surface area (Å²) < 4.78 is 5.14.